The molecule has 4 nitrogen and oxygen atoms in total. The van der Waals surface area contributed by atoms with Crippen LogP contribution in [0, 0.1) is 0 Å². The van der Waals surface area contributed by atoms with Crippen LogP contribution in [0.2, 0.25) is 0 Å². The summed E-state index contributed by atoms with van der Waals surface area (Å²) in [5, 5.41) is 0. The highest BCUT2D eigenvalue weighted by atomic mass is 32.2. The number of anilines is 2. The minimum Gasteiger partial charge on any atom is -0.399 e. The molecule has 70 valence electrons. The summed E-state index contributed by atoms with van der Waals surface area (Å²) in [5.41, 5.74) is 8.15. The zero-order chi connectivity index (χ0) is 9.42. The molecule has 1 heterocycles. The van der Waals surface area contributed by atoms with E-state index in [9.17, 15) is 4.21 Å². The van der Waals surface area contributed by atoms with Gasteiger partial charge in [-0.15, -0.1) is 0 Å². The summed E-state index contributed by atoms with van der Waals surface area (Å²) < 4.78 is 21.2. The summed E-state index contributed by atoms with van der Waals surface area (Å²) in [6.07, 6.45) is 0.784. The SMILES string of the molecule is Nc1ccc2c(c1)CCN2S(=O)O. The van der Waals surface area contributed by atoms with Crippen LogP contribution in [0.3, 0.4) is 0 Å². The number of rotatable bonds is 1. The molecule has 0 fully saturated rings. The Morgan fingerprint density at radius 2 is 2.31 bits per heavy atom. The van der Waals surface area contributed by atoms with Crippen molar-refractivity contribution in [3.8, 4) is 0 Å². The van der Waals surface area contributed by atoms with E-state index in [0.717, 1.165) is 17.7 Å². The number of nitrogen functional groups attached to an aromatic ring is 1. The molecule has 2 rings (SSSR count). The maximum atomic E-state index is 10.9. The Morgan fingerprint density at radius 3 is 3.00 bits per heavy atom. The number of hydrogen-bond donors (Lipinski definition) is 2. The van der Waals surface area contributed by atoms with Crippen LogP contribution in [0.1, 0.15) is 5.56 Å². The Labute approximate surface area is 78.8 Å². The summed E-state index contributed by atoms with van der Waals surface area (Å²) in [6.45, 7) is 0.585. The number of nitrogens with two attached hydrogens (primary N) is 1. The zero-order valence-corrected chi connectivity index (χ0v) is 7.75. The summed E-state index contributed by atoms with van der Waals surface area (Å²) >= 11 is -1.92. The maximum Gasteiger partial charge on any atom is 0.261 e. The van der Waals surface area contributed by atoms with Crippen LogP contribution < -0.4 is 10.0 Å². The van der Waals surface area contributed by atoms with Crippen LogP contribution in [0.25, 0.3) is 0 Å². The second-order valence-electron chi connectivity index (χ2n) is 2.97. The molecule has 1 aliphatic heterocycles. The van der Waals surface area contributed by atoms with Gasteiger partial charge in [0.1, 0.15) is 0 Å². The second-order valence-corrected chi connectivity index (χ2v) is 3.87. The Hall–Kier alpha value is -1.07. The predicted molar refractivity (Wildman–Crippen MR) is 52.7 cm³/mol. The minimum absolute atomic E-state index is 0.585. The molecule has 0 bridgehead atoms. The summed E-state index contributed by atoms with van der Waals surface area (Å²) in [7, 11) is 0. The molecule has 0 radical (unpaired) electrons. The number of fused-ring (bicyclic) bond motifs is 1. The van der Waals surface area contributed by atoms with Gasteiger partial charge < -0.3 is 5.73 Å². The lowest BCUT2D eigenvalue weighted by Gasteiger charge is -2.12. The van der Waals surface area contributed by atoms with Gasteiger partial charge in [0, 0.05) is 12.2 Å². The average molecular weight is 198 g/mol. The van der Waals surface area contributed by atoms with E-state index in [1.165, 1.54) is 4.31 Å². The van der Waals surface area contributed by atoms with Gasteiger partial charge in [-0.1, -0.05) is 0 Å². The van der Waals surface area contributed by atoms with Gasteiger partial charge >= 0.3 is 0 Å². The third-order valence-corrected chi connectivity index (χ3v) is 2.90. The van der Waals surface area contributed by atoms with E-state index in [2.05, 4.69) is 0 Å². The number of benzene rings is 1. The molecule has 5 heteroatoms. The molecule has 1 atom stereocenters. The summed E-state index contributed by atoms with van der Waals surface area (Å²) in [4.78, 5) is 0. The molecule has 3 N–H and O–H groups in total. The Morgan fingerprint density at radius 1 is 1.54 bits per heavy atom. The normalized spacial score (nSPS) is 17.2. The Kier molecular flexibility index (Phi) is 1.97. The summed E-state index contributed by atoms with van der Waals surface area (Å²) in [5.74, 6) is 0. The zero-order valence-electron chi connectivity index (χ0n) is 6.93. The van der Waals surface area contributed by atoms with E-state index >= 15 is 0 Å². The van der Waals surface area contributed by atoms with Crippen LogP contribution >= 0.6 is 0 Å². The van der Waals surface area contributed by atoms with Gasteiger partial charge in [0.05, 0.1) is 5.69 Å². The van der Waals surface area contributed by atoms with Gasteiger partial charge in [0.2, 0.25) is 0 Å². The van der Waals surface area contributed by atoms with E-state index < -0.39 is 11.3 Å². The molecule has 0 spiro atoms. The second kappa shape index (κ2) is 3.01. The van der Waals surface area contributed by atoms with Gasteiger partial charge in [-0.05, 0) is 30.2 Å². The van der Waals surface area contributed by atoms with Crippen LogP contribution in [-0.4, -0.2) is 15.3 Å². The molecule has 0 aliphatic carbocycles. The fourth-order valence-electron chi connectivity index (χ4n) is 1.55. The molecular weight excluding hydrogens is 188 g/mol. The standard InChI is InChI=1S/C8H10N2O2S/c9-7-1-2-8-6(5-7)3-4-10(8)13(11)12/h1-2,5H,3-4,9H2,(H,11,12). The van der Waals surface area contributed by atoms with E-state index in [-0.39, 0.29) is 0 Å². The predicted octanol–water partition coefficient (Wildman–Crippen LogP) is 0.768. The first-order valence-corrected chi connectivity index (χ1v) is 5.02. The van der Waals surface area contributed by atoms with E-state index in [0.29, 0.717) is 12.2 Å². The largest absolute Gasteiger partial charge is 0.399 e. The van der Waals surface area contributed by atoms with Crippen molar-refractivity contribution in [1.29, 1.82) is 0 Å². The Bertz CT molecular complexity index is 367. The fraction of sp³-hybridized carbons (Fsp3) is 0.250. The monoisotopic (exact) mass is 198 g/mol. The van der Waals surface area contributed by atoms with Crippen LogP contribution in [-0.2, 0) is 17.7 Å². The highest BCUT2D eigenvalue weighted by molar-refractivity contribution is 7.80. The van der Waals surface area contributed by atoms with Crippen molar-refractivity contribution >= 4 is 22.6 Å². The van der Waals surface area contributed by atoms with Gasteiger partial charge in [-0.2, -0.15) is 0 Å². The first-order chi connectivity index (χ1) is 6.18. The fourth-order valence-corrected chi connectivity index (χ4v) is 2.15. The topological polar surface area (TPSA) is 66.6 Å². The van der Waals surface area contributed by atoms with Crippen molar-refractivity contribution in [2.45, 2.75) is 6.42 Å². The van der Waals surface area contributed by atoms with E-state index in [4.69, 9.17) is 10.3 Å². The molecule has 1 aromatic carbocycles. The smallest absolute Gasteiger partial charge is 0.261 e. The molecule has 0 aromatic heterocycles. The quantitative estimate of drug-likeness (QED) is 0.517. The van der Waals surface area contributed by atoms with Crippen molar-refractivity contribution in [3.63, 3.8) is 0 Å². The van der Waals surface area contributed by atoms with Gasteiger partial charge in [0.25, 0.3) is 11.3 Å². The number of nitrogens with zero attached hydrogens (tertiary/aromatic N) is 1. The third kappa shape index (κ3) is 1.40. The molecule has 0 saturated heterocycles. The van der Waals surface area contributed by atoms with Gasteiger partial charge in [-0.25, -0.2) is 4.21 Å². The first kappa shape index (κ1) is 8.52. The Balaban J connectivity index is 2.44. The van der Waals surface area contributed by atoms with Crippen molar-refractivity contribution in [3.05, 3.63) is 23.8 Å². The molecule has 1 unspecified atom stereocenters. The van der Waals surface area contributed by atoms with Gasteiger partial charge in [0.15, 0.2) is 0 Å². The first-order valence-electron chi connectivity index (χ1n) is 3.95. The van der Waals surface area contributed by atoms with Crippen molar-refractivity contribution in [1.82, 2.24) is 0 Å². The molecule has 13 heavy (non-hydrogen) atoms. The summed E-state index contributed by atoms with van der Waals surface area (Å²) in [6, 6.07) is 5.37. The van der Waals surface area contributed by atoms with E-state index in [1.54, 1.807) is 12.1 Å². The van der Waals surface area contributed by atoms with Crippen molar-refractivity contribution in [2.75, 3.05) is 16.6 Å². The third-order valence-electron chi connectivity index (χ3n) is 2.15. The highest BCUT2D eigenvalue weighted by Crippen LogP contribution is 2.29. The molecular formula is C8H10N2O2S. The molecule has 1 aliphatic rings. The van der Waals surface area contributed by atoms with Gasteiger partial charge in [-0.3, -0.25) is 8.86 Å². The number of hydrogen-bond acceptors (Lipinski definition) is 2. The molecule has 0 amide bonds. The van der Waals surface area contributed by atoms with E-state index in [1.807, 2.05) is 6.07 Å². The van der Waals surface area contributed by atoms with Crippen LogP contribution in [0.5, 0.6) is 0 Å². The van der Waals surface area contributed by atoms with Crippen LogP contribution in [0.15, 0.2) is 18.2 Å². The highest BCUT2D eigenvalue weighted by Gasteiger charge is 2.22. The lowest BCUT2D eigenvalue weighted by Crippen LogP contribution is -2.22. The van der Waals surface area contributed by atoms with Crippen LogP contribution in [0.4, 0.5) is 11.4 Å². The molecule has 0 saturated carbocycles. The van der Waals surface area contributed by atoms with Crippen molar-refractivity contribution in [2.24, 2.45) is 0 Å². The lowest BCUT2D eigenvalue weighted by molar-refractivity contribution is 0.560. The lowest BCUT2D eigenvalue weighted by atomic mass is 10.1. The van der Waals surface area contributed by atoms with Crippen molar-refractivity contribution < 1.29 is 8.76 Å². The minimum atomic E-state index is -1.92. The average Bonchev–Trinajstić information content (AvgIpc) is 2.46. The maximum absolute atomic E-state index is 10.9. The molecule has 1 aromatic rings.